The highest BCUT2D eigenvalue weighted by atomic mass is 15.1. The SMILES string of the molecule is CC(C)Cc1ccc(CCN(C)CCC#N)cc1. The molecule has 0 bridgehead atoms. The van der Waals surface area contributed by atoms with Gasteiger partial charge in [0.15, 0.2) is 0 Å². The van der Waals surface area contributed by atoms with Crippen molar-refractivity contribution in [1.82, 2.24) is 4.90 Å². The highest BCUT2D eigenvalue weighted by molar-refractivity contribution is 5.23. The van der Waals surface area contributed by atoms with Crippen LogP contribution < -0.4 is 0 Å². The molecule has 0 saturated heterocycles. The number of nitrogens with zero attached hydrogens (tertiary/aromatic N) is 2. The lowest BCUT2D eigenvalue weighted by Gasteiger charge is -2.14. The average molecular weight is 244 g/mol. The van der Waals surface area contributed by atoms with Crippen molar-refractivity contribution in [3.05, 3.63) is 35.4 Å². The van der Waals surface area contributed by atoms with Gasteiger partial charge in [-0.05, 0) is 36.9 Å². The molecular weight excluding hydrogens is 220 g/mol. The first-order chi connectivity index (χ1) is 8.61. The molecule has 0 saturated carbocycles. The molecule has 0 fully saturated rings. The lowest BCUT2D eigenvalue weighted by atomic mass is 10.0. The van der Waals surface area contributed by atoms with Gasteiger partial charge in [0.2, 0.25) is 0 Å². The molecule has 0 atom stereocenters. The van der Waals surface area contributed by atoms with Crippen molar-refractivity contribution < 1.29 is 0 Å². The van der Waals surface area contributed by atoms with Crippen LogP contribution in [0.4, 0.5) is 0 Å². The molecule has 98 valence electrons. The van der Waals surface area contributed by atoms with Gasteiger partial charge in [-0.3, -0.25) is 0 Å². The van der Waals surface area contributed by atoms with E-state index in [9.17, 15) is 0 Å². The minimum Gasteiger partial charge on any atom is -0.305 e. The number of hydrogen-bond acceptors (Lipinski definition) is 2. The Hall–Kier alpha value is -1.33. The Morgan fingerprint density at radius 1 is 1.11 bits per heavy atom. The number of nitriles is 1. The first kappa shape index (κ1) is 14.7. The summed E-state index contributed by atoms with van der Waals surface area (Å²) in [5.74, 6) is 0.716. The molecule has 0 amide bonds. The molecule has 0 aliphatic rings. The molecule has 0 unspecified atom stereocenters. The third-order valence-electron chi connectivity index (χ3n) is 3.05. The summed E-state index contributed by atoms with van der Waals surface area (Å²) in [6, 6.07) is 11.1. The second kappa shape index (κ2) is 7.89. The van der Waals surface area contributed by atoms with Crippen molar-refractivity contribution in [3.8, 4) is 6.07 Å². The zero-order chi connectivity index (χ0) is 13.4. The van der Waals surface area contributed by atoms with Gasteiger partial charge in [0.1, 0.15) is 0 Å². The van der Waals surface area contributed by atoms with Crippen LogP contribution in [-0.2, 0) is 12.8 Å². The molecule has 0 heterocycles. The molecular formula is C16H24N2. The van der Waals surface area contributed by atoms with Crippen LogP contribution >= 0.6 is 0 Å². The van der Waals surface area contributed by atoms with Gasteiger partial charge < -0.3 is 4.90 Å². The summed E-state index contributed by atoms with van der Waals surface area (Å²) in [7, 11) is 2.07. The average Bonchev–Trinajstić information content (AvgIpc) is 2.35. The second-order valence-corrected chi connectivity index (χ2v) is 5.38. The molecule has 18 heavy (non-hydrogen) atoms. The Morgan fingerprint density at radius 2 is 1.72 bits per heavy atom. The fraction of sp³-hybridized carbons (Fsp3) is 0.562. The Kier molecular flexibility index (Phi) is 6.46. The summed E-state index contributed by atoms with van der Waals surface area (Å²) >= 11 is 0. The fourth-order valence-electron chi connectivity index (χ4n) is 1.99. The van der Waals surface area contributed by atoms with Gasteiger partial charge in [-0.2, -0.15) is 5.26 Å². The number of benzene rings is 1. The quantitative estimate of drug-likeness (QED) is 0.736. The molecule has 1 aromatic carbocycles. The van der Waals surface area contributed by atoms with Gasteiger partial charge in [-0.25, -0.2) is 0 Å². The minimum absolute atomic E-state index is 0.615. The van der Waals surface area contributed by atoms with E-state index in [1.165, 1.54) is 11.1 Å². The Balaban J connectivity index is 2.37. The molecule has 1 aromatic rings. The van der Waals surface area contributed by atoms with Crippen molar-refractivity contribution in [2.24, 2.45) is 5.92 Å². The smallest absolute Gasteiger partial charge is 0.0635 e. The van der Waals surface area contributed by atoms with Gasteiger partial charge in [0, 0.05) is 19.5 Å². The van der Waals surface area contributed by atoms with Crippen molar-refractivity contribution in [2.75, 3.05) is 20.1 Å². The van der Waals surface area contributed by atoms with Gasteiger partial charge in [0.05, 0.1) is 6.07 Å². The molecule has 2 heteroatoms. The van der Waals surface area contributed by atoms with Crippen molar-refractivity contribution in [1.29, 1.82) is 5.26 Å². The van der Waals surface area contributed by atoms with Crippen LogP contribution in [0.1, 0.15) is 31.4 Å². The Morgan fingerprint density at radius 3 is 2.28 bits per heavy atom. The van der Waals surface area contributed by atoms with Crippen molar-refractivity contribution in [2.45, 2.75) is 33.1 Å². The van der Waals surface area contributed by atoms with Gasteiger partial charge in [-0.1, -0.05) is 38.1 Å². The normalized spacial score (nSPS) is 10.9. The highest BCUT2D eigenvalue weighted by Crippen LogP contribution is 2.10. The minimum atomic E-state index is 0.615. The summed E-state index contributed by atoms with van der Waals surface area (Å²) in [5, 5.41) is 8.53. The zero-order valence-electron chi connectivity index (χ0n) is 11.8. The zero-order valence-corrected chi connectivity index (χ0v) is 11.8. The van der Waals surface area contributed by atoms with E-state index in [2.05, 4.69) is 56.1 Å². The van der Waals surface area contributed by atoms with Crippen LogP contribution in [-0.4, -0.2) is 25.0 Å². The molecule has 0 aromatic heterocycles. The topological polar surface area (TPSA) is 27.0 Å². The van der Waals surface area contributed by atoms with Crippen LogP contribution in [0.15, 0.2) is 24.3 Å². The molecule has 0 aliphatic heterocycles. The molecule has 0 aliphatic carbocycles. The predicted octanol–water partition coefficient (Wildman–Crippen LogP) is 3.27. The van der Waals surface area contributed by atoms with Crippen LogP contribution in [0.25, 0.3) is 0 Å². The summed E-state index contributed by atoms with van der Waals surface area (Å²) in [5.41, 5.74) is 2.80. The third kappa shape index (κ3) is 5.84. The van der Waals surface area contributed by atoms with Gasteiger partial charge >= 0.3 is 0 Å². The van der Waals surface area contributed by atoms with E-state index < -0.39 is 0 Å². The van der Waals surface area contributed by atoms with Gasteiger partial charge in [0.25, 0.3) is 0 Å². The van der Waals surface area contributed by atoms with Crippen LogP contribution in [0.5, 0.6) is 0 Å². The predicted molar refractivity (Wildman–Crippen MR) is 76.4 cm³/mol. The molecule has 1 rings (SSSR count). The van der Waals surface area contributed by atoms with E-state index in [0.29, 0.717) is 12.3 Å². The van der Waals surface area contributed by atoms with Crippen LogP contribution in [0.3, 0.4) is 0 Å². The summed E-state index contributed by atoms with van der Waals surface area (Å²) in [4.78, 5) is 2.21. The summed E-state index contributed by atoms with van der Waals surface area (Å²) in [6.45, 7) is 6.38. The number of likely N-dealkylation sites (N-methyl/N-ethyl adjacent to an activating group) is 1. The first-order valence-electron chi connectivity index (χ1n) is 6.75. The van der Waals surface area contributed by atoms with E-state index in [4.69, 9.17) is 5.26 Å². The third-order valence-corrected chi connectivity index (χ3v) is 3.05. The van der Waals surface area contributed by atoms with Crippen LogP contribution in [0, 0.1) is 17.2 Å². The monoisotopic (exact) mass is 244 g/mol. The maximum absolute atomic E-state index is 8.53. The maximum Gasteiger partial charge on any atom is 0.0635 e. The van der Waals surface area contributed by atoms with Gasteiger partial charge in [-0.15, -0.1) is 0 Å². The lowest BCUT2D eigenvalue weighted by molar-refractivity contribution is 0.346. The Labute approximate surface area is 111 Å². The number of hydrogen-bond donors (Lipinski definition) is 0. The van der Waals surface area contributed by atoms with E-state index >= 15 is 0 Å². The second-order valence-electron chi connectivity index (χ2n) is 5.38. The fourth-order valence-corrected chi connectivity index (χ4v) is 1.99. The molecule has 0 radical (unpaired) electrons. The molecule has 0 spiro atoms. The molecule has 0 N–H and O–H groups in total. The highest BCUT2D eigenvalue weighted by Gasteiger charge is 2.01. The van der Waals surface area contributed by atoms with Crippen molar-refractivity contribution in [3.63, 3.8) is 0 Å². The van der Waals surface area contributed by atoms with E-state index in [0.717, 1.165) is 25.9 Å². The van der Waals surface area contributed by atoms with Crippen molar-refractivity contribution >= 4 is 0 Å². The maximum atomic E-state index is 8.53. The summed E-state index contributed by atoms with van der Waals surface area (Å²) in [6.07, 6.45) is 2.83. The lowest BCUT2D eigenvalue weighted by Crippen LogP contribution is -2.22. The standard InChI is InChI=1S/C16H24N2/c1-14(2)13-16-7-5-15(6-8-16)9-12-18(3)11-4-10-17/h5-8,14H,4,9,11-13H2,1-3H3. The molecule has 2 nitrogen and oxygen atoms in total. The van der Waals surface area contributed by atoms with E-state index in [1.807, 2.05) is 0 Å². The van der Waals surface area contributed by atoms with E-state index in [1.54, 1.807) is 0 Å². The first-order valence-corrected chi connectivity index (χ1v) is 6.75. The van der Waals surface area contributed by atoms with Crippen LogP contribution in [0.2, 0.25) is 0 Å². The van der Waals surface area contributed by atoms with E-state index in [-0.39, 0.29) is 0 Å². The Bertz CT molecular complexity index is 373. The largest absolute Gasteiger partial charge is 0.305 e. The number of rotatable bonds is 7. The summed E-state index contributed by atoms with van der Waals surface area (Å²) < 4.78 is 0.